The third-order valence-corrected chi connectivity index (χ3v) is 4.44. The lowest BCUT2D eigenvalue weighted by atomic mass is 9.91. The summed E-state index contributed by atoms with van der Waals surface area (Å²) < 4.78 is -0.137. The number of rotatable bonds is 12. The second-order valence-corrected chi connectivity index (χ2v) is 7.72. The summed E-state index contributed by atoms with van der Waals surface area (Å²) in [5, 5.41) is 11.6. The Labute approximate surface area is 128 Å². The smallest absolute Gasteiger partial charge is 0.0782 e. The Balaban J connectivity index is 3.68. The molecule has 0 aromatic carbocycles. The molecule has 0 radical (unpaired) electrons. The summed E-state index contributed by atoms with van der Waals surface area (Å²) in [6.45, 7) is 10.1. The van der Waals surface area contributed by atoms with Crippen LogP contribution in [-0.4, -0.2) is 25.3 Å². The lowest BCUT2D eigenvalue weighted by Gasteiger charge is -2.35. The molecule has 0 bridgehead atoms. The van der Waals surface area contributed by atoms with E-state index in [0.29, 0.717) is 0 Å². The van der Waals surface area contributed by atoms with Gasteiger partial charge >= 0.3 is 0 Å². The molecule has 0 aromatic rings. The van der Waals surface area contributed by atoms with Crippen LogP contribution in [0.4, 0.5) is 0 Å². The van der Waals surface area contributed by atoms with Crippen molar-refractivity contribution in [2.75, 3.05) is 20.6 Å². The maximum Gasteiger partial charge on any atom is 0.0782 e. The lowest BCUT2D eigenvalue weighted by Crippen LogP contribution is -2.34. The van der Waals surface area contributed by atoms with Crippen LogP contribution in [0.2, 0.25) is 0 Å². The monoisotopic (exact) mass is 285 g/mol. The molecule has 0 fully saturated rings. The first-order chi connectivity index (χ1) is 9.24. The summed E-state index contributed by atoms with van der Waals surface area (Å²) in [5.74, 6) is 2.47. The minimum absolute atomic E-state index is 0.137. The van der Waals surface area contributed by atoms with Gasteiger partial charge in [-0.1, -0.05) is 72.6 Å². The molecule has 0 N–H and O–H groups in total. The topological polar surface area (TPSA) is 23.1 Å². The lowest BCUT2D eigenvalue weighted by molar-refractivity contribution is -0.840. The van der Waals surface area contributed by atoms with Gasteiger partial charge in [-0.3, -0.25) is 0 Å². The normalized spacial score (nSPS) is 15.6. The van der Waals surface area contributed by atoms with Crippen LogP contribution in [0.1, 0.15) is 79.1 Å². The predicted octanol–water partition coefficient (Wildman–Crippen LogP) is 5.61. The van der Waals surface area contributed by atoms with E-state index in [4.69, 9.17) is 0 Å². The molecule has 122 valence electrons. The molecule has 0 aliphatic heterocycles. The standard InChI is InChI=1S/C18H39NO/c1-7-18(14-15-19(5,6)20)13-9-12-17(4)11-8-10-16(2)3/h16-18H,7-15H2,1-6H3. The van der Waals surface area contributed by atoms with E-state index in [1.807, 2.05) is 0 Å². The second kappa shape index (κ2) is 10.6. The molecule has 0 saturated heterocycles. The fourth-order valence-electron chi connectivity index (χ4n) is 2.82. The summed E-state index contributed by atoms with van der Waals surface area (Å²) >= 11 is 0. The van der Waals surface area contributed by atoms with Crippen molar-refractivity contribution in [2.45, 2.75) is 79.1 Å². The molecule has 0 amide bonds. The average molecular weight is 286 g/mol. The van der Waals surface area contributed by atoms with Crippen LogP contribution in [0.25, 0.3) is 0 Å². The van der Waals surface area contributed by atoms with Crippen LogP contribution in [0.15, 0.2) is 0 Å². The van der Waals surface area contributed by atoms with E-state index in [9.17, 15) is 5.21 Å². The Bertz CT molecular complexity index is 220. The van der Waals surface area contributed by atoms with Gasteiger partial charge in [0.1, 0.15) is 0 Å². The van der Waals surface area contributed by atoms with Gasteiger partial charge in [-0.25, -0.2) is 0 Å². The largest absolute Gasteiger partial charge is 0.633 e. The van der Waals surface area contributed by atoms with Crippen LogP contribution in [0, 0.1) is 23.0 Å². The molecule has 0 aliphatic rings. The highest BCUT2D eigenvalue weighted by molar-refractivity contribution is 4.61. The Morgan fingerprint density at radius 1 is 0.850 bits per heavy atom. The molecule has 0 aromatic heterocycles. The van der Waals surface area contributed by atoms with E-state index in [0.717, 1.165) is 30.7 Å². The van der Waals surface area contributed by atoms with E-state index in [-0.39, 0.29) is 4.65 Å². The van der Waals surface area contributed by atoms with Crippen molar-refractivity contribution in [3.8, 4) is 0 Å². The molecule has 2 unspecified atom stereocenters. The van der Waals surface area contributed by atoms with Gasteiger partial charge in [0.2, 0.25) is 0 Å². The second-order valence-electron chi connectivity index (χ2n) is 7.72. The van der Waals surface area contributed by atoms with Gasteiger partial charge in [0.25, 0.3) is 0 Å². The Morgan fingerprint density at radius 2 is 1.40 bits per heavy atom. The first-order valence-electron chi connectivity index (χ1n) is 8.78. The fourth-order valence-corrected chi connectivity index (χ4v) is 2.82. The van der Waals surface area contributed by atoms with Gasteiger partial charge in [0.15, 0.2) is 0 Å². The zero-order chi connectivity index (χ0) is 15.6. The molecule has 0 heterocycles. The van der Waals surface area contributed by atoms with Gasteiger partial charge in [0.05, 0.1) is 20.6 Å². The zero-order valence-electron chi connectivity index (χ0n) is 15.0. The molecule has 0 aliphatic carbocycles. The van der Waals surface area contributed by atoms with E-state index >= 15 is 0 Å². The van der Waals surface area contributed by atoms with Crippen molar-refractivity contribution >= 4 is 0 Å². The first-order valence-corrected chi connectivity index (χ1v) is 8.78. The number of hydroxylamine groups is 3. The molecular formula is C18H39NO. The summed E-state index contributed by atoms with van der Waals surface area (Å²) in [6.07, 6.45) is 10.5. The molecule has 2 nitrogen and oxygen atoms in total. The average Bonchev–Trinajstić information content (AvgIpc) is 2.31. The van der Waals surface area contributed by atoms with Crippen LogP contribution >= 0.6 is 0 Å². The predicted molar refractivity (Wildman–Crippen MR) is 90.4 cm³/mol. The van der Waals surface area contributed by atoms with Crippen molar-refractivity contribution in [3.05, 3.63) is 5.21 Å². The van der Waals surface area contributed by atoms with Crippen LogP contribution in [0.3, 0.4) is 0 Å². The number of quaternary nitrogens is 1. The Hall–Kier alpha value is -0.0800. The van der Waals surface area contributed by atoms with Crippen molar-refractivity contribution in [3.63, 3.8) is 0 Å². The van der Waals surface area contributed by atoms with Crippen molar-refractivity contribution in [1.82, 2.24) is 0 Å². The molecule has 2 heteroatoms. The van der Waals surface area contributed by atoms with Gasteiger partial charge < -0.3 is 9.85 Å². The maximum atomic E-state index is 11.6. The van der Waals surface area contributed by atoms with Crippen molar-refractivity contribution < 1.29 is 4.65 Å². The molecule has 2 atom stereocenters. The van der Waals surface area contributed by atoms with Gasteiger partial charge in [-0.05, 0) is 24.2 Å². The highest BCUT2D eigenvalue weighted by Gasteiger charge is 2.11. The summed E-state index contributed by atoms with van der Waals surface area (Å²) in [7, 11) is 3.51. The number of nitrogens with zero attached hydrogens (tertiary/aromatic N) is 1. The van der Waals surface area contributed by atoms with Gasteiger partial charge in [-0.15, -0.1) is 0 Å². The van der Waals surface area contributed by atoms with Gasteiger partial charge in [-0.2, -0.15) is 0 Å². The van der Waals surface area contributed by atoms with E-state index in [2.05, 4.69) is 27.7 Å². The fraction of sp³-hybridized carbons (Fsp3) is 1.00. The van der Waals surface area contributed by atoms with Crippen LogP contribution in [-0.2, 0) is 0 Å². The molecular weight excluding hydrogens is 246 g/mol. The Kier molecular flexibility index (Phi) is 10.6. The molecule has 0 rings (SSSR count). The van der Waals surface area contributed by atoms with E-state index < -0.39 is 0 Å². The van der Waals surface area contributed by atoms with Crippen LogP contribution in [0.5, 0.6) is 0 Å². The summed E-state index contributed by atoms with van der Waals surface area (Å²) in [6, 6.07) is 0. The highest BCUT2D eigenvalue weighted by Crippen LogP contribution is 2.22. The number of hydrogen-bond donors (Lipinski definition) is 0. The highest BCUT2D eigenvalue weighted by atomic mass is 16.5. The Morgan fingerprint density at radius 3 is 1.85 bits per heavy atom. The molecule has 0 spiro atoms. The first kappa shape index (κ1) is 19.9. The summed E-state index contributed by atoms with van der Waals surface area (Å²) in [5.41, 5.74) is 0. The molecule has 20 heavy (non-hydrogen) atoms. The quantitative estimate of drug-likeness (QED) is 0.337. The third-order valence-electron chi connectivity index (χ3n) is 4.44. The van der Waals surface area contributed by atoms with Gasteiger partial charge in [0, 0.05) is 0 Å². The maximum absolute atomic E-state index is 11.6. The van der Waals surface area contributed by atoms with E-state index in [1.54, 1.807) is 14.1 Å². The zero-order valence-corrected chi connectivity index (χ0v) is 15.0. The third kappa shape index (κ3) is 12.9. The van der Waals surface area contributed by atoms with E-state index in [1.165, 1.54) is 44.9 Å². The van der Waals surface area contributed by atoms with Crippen LogP contribution < -0.4 is 0 Å². The summed E-state index contributed by atoms with van der Waals surface area (Å²) in [4.78, 5) is 0. The van der Waals surface area contributed by atoms with Crippen molar-refractivity contribution in [2.24, 2.45) is 17.8 Å². The SMILES string of the molecule is CCC(CCCC(C)CCCC(C)C)CC[N+](C)(C)[O-]. The van der Waals surface area contributed by atoms with Crippen molar-refractivity contribution in [1.29, 1.82) is 0 Å². The molecule has 0 saturated carbocycles. The number of hydrogen-bond acceptors (Lipinski definition) is 1. The minimum atomic E-state index is -0.137. The minimum Gasteiger partial charge on any atom is -0.633 e.